The third-order valence-electron chi connectivity index (χ3n) is 3.87. The van der Waals surface area contributed by atoms with Gasteiger partial charge in [-0.1, -0.05) is 12.8 Å². The van der Waals surface area contributed by atoms with Crippen molar-refractivity contribution in [2.24, 2.45) is 0 Å². The van der Waals surface area contributed by atoms with Crippen LogP contribution in [0.2, 0.25) is 0 Å². The number of hydrogen-bond acceptors (Lipinski definition) is 3. The molecule has 1 aromatic carbocycles. The molecule has 1 aromatic rings. The highest BCUT2D eigenvalue weighted by Gasteiger charge is 2.34. The van der Waals surface area contributed by atoms with Crippen molar-refractivity contribution in [3.05, 3.63) is 29.3 Å². The van der Waals surface area contributed by atoms with Gasteiger partial charge >= 0.3 is 6.18 Å². The number of benzene rings is 1. The molecule has 1 fully saturated rings. The van der Waals surface area contributed by atoms with E-state index in [0.29, 0.717) is 12.2 Å². The maximum atomic E-state index is 13.0. The molecule has 3 nitrogen and oxygen atoms in total. The van der Waals surface area contributed by atoms with Gasteiger partial charge < -0.3 is 10.0 Å². The van der Waals surface area contributed by atoms with E-state index < -0.39 is 11.7 Å². The van der Waals surface area contributed by atoms with Crippen LogP contribution in [0.15, 0.2) is 18.2 Å². The summed E-state index contributed by atoms with van der Waals surface area (Å²) >= 11 is 0. The number of aliphatic hydroxyl groups is 1. The van der Waals surface area contributed by atoms with Crippen molar-refractivity contribution in [1.82, 2.24) is 0 Å². The van der Waals surface area contributed by atoms with E-state index in [0.717, 1.165) is 31.7 Å². The fraction of sp³-hybridized carbons (Fsp3) is 0.533. The van der Waals surface area contributed by atoms with Crippen LogP contribution in [0.1, 0.15) is 36.8 Å². The molecule has 0 aromatic heterocycles. The molecule has 0 amide bonds. The Labute approximate surface area is 121 Å². The third-order valence-corrected chi connectivity index (χ3v) is 3.87. The van der Waals surface area contributed by atoms with Crippen LogP contribution < -0.4 is 4.90 Å². The minimum atomic E-state index is -4.55. The van der Waals surface area contributed by atoms with Gasteiger partial charge in [-0.25, -0.2) is 0 Å². The molecule has 6 heteroatoms. The lowest BCUT2D eigenvalue weighted by molar-refractivity contribution is -0.137. The Kier molecular flexibility index (Phi) is 4.73. The van der Waals surface area contributed by atoms with E-state index in [-0.39, 0.29) is 18.2 Å². The van der Waals surface area contributed by atoms with Crippen molar-refractivity contribution in [2.75, 3.05) is 18.1 Å². The molecular formula is C15H17F3N2O. The largest absolute Gasteiger partial charge is 0.417 e. The van der Waals surface area contributed by atoms with E-state index in [9.17, 15) is 18.3 Å². The van der Waals surface area contributed by atoms with Crippen LogP contribution in [-0.4, -0.2) is 24.3 Å². The summed E-state index contributed by atoms with van der Waals surface area (Å²) in [6.07, 6.45) is -0.617. The molecule has 0 saturated heterocycles. The number of hydrogen-bond donors (Lipinski definition) is 1. The highest BCUT2D eigenvalue weighted by molar-refractivity contribution is 5.55. The summed E-state index contributed by atoms with van der Waals surface area (Å²) in [5, 5.41) is 18.0. The maximum Gasteiger partial charge on any atom is 0.417 e. The summed E-state index contributed by atoms with van der Waals surface area (Å²) in [4.78, 5) is 1.82. The second kappa shape index (κ2) is 6.35. The smallest absolute Gasteiger partial charge is 0.395 e. The Bertz CT molecular complexity index is 531. The van der Waals surface area contributed by atoms with Crippen molar-refractivity contribution in [2.45, 2.75) is 37.9 Å². The second-order valence-corrected chi connectivity index (χ2v) is 5.19. The molecule has 0 unspecified atom stereocenters. The predicted octanol–water partition coefficient (Wildman–Crippen LogP) is 3.32. The number of rotatable bonds is 4. The number of anilines is 1. The first-order valence-electron chi connectivity index (χ1n) is 6.96. The van der Waals surface area contributed by atoms with Gasteiger partial charge in [-0.15, -0.1) is 0 Å². The molecule has 0 radical (unpaired) electrons. The van der Waals surface area contributed by atoms with E-state index in [1.54, 1.807) is 6.07 Å². The van der Waals surface area contributed by atoms with Gasteiger partial charge in [0.15, 0.2) is 0 Å². The molecule has 1 aliphatic rings. The van der Waals surface area contributed by atoms with Crippen molar-refractivity contribution >= 4 is 5.69 Å². The second-order valence-electron chi connectivity index (χ2n) is 5.19. The van der Waals surface area contributed by atoms with Crippen LogP contribution in [0.3, 0.4) is 0 Å². The number of nitrogens with zero attached hydrogens (tertiary/aromatic N) is 2. The van der Waals surface area contributed by atoms with Gasteiger partial charge in [-0.05, 0) is 31.0 Å². The van der Waals surface area contributed by atoms with E-state index in [1.807, 2.05) is 4.90 Å². The Morgan fingerprint density at radius 1 is 1.29 bits per heavy atom. The lowest BCUT2D eigenvalue weighted by atomic mass is 10.1. The molecule has 0 atom stereocenters. The molecule has 0 heterocycles. The zero-order valence-electron chi connectivity index (χ0n) is 11.5. The Morgan fingerprint density at radius 3 is 2.48 bits per heavy atom. The van der Waals surface area contributed by atoms with Crippen LogP contribution in [0, 0.1) is 11.3 Å². The number of nitriles is 1. The SMILES string of the molecule is N#Cc1ccc(N(CCO)C2CCCC2)cc1C(F)(F)F. The van der Waals surface area contributed by atoms with Gasteiger partial charge in [0, 0.05) is 18.3 Å². The van der Waals surface area contributed by atoms with Gasteiger partial charge in [0.1, 0.15) is 0 Å². The first-order chi connectivity index (χ1) is 9.97. The summed E-state index contributed by atoms with van der Waals surface area (Å²) in [5.74, 6) is 0. The molecule has 114 valence electrons. The summed E-state index contributed by atoms with van der Waals surface area (Å²) in [6, 6.07) is 5.50. The van der Waals surface area contributed by atoms with Gasteiger partial charge in [0.05, 0.1) is 23.8 Å². The topological polar surface area (TPSA) is 47.3 Å². The number of aliphatic hydroxyl groups excluding tert-OH is 1. The number of alkyl halides is 3. The quantitative estimate of drug-likeness (QED) is 0.927. The van der Waals surface area contributed by atoms with Gasteiger partial charge in [0.25, 0.3) is 0 Å². The van der Waals surface area contributed by atoms with Crippen molar-refractivity contribution in [1.29, 1.82) is 5.26 Å². The van der Waals surface area contributed by atoms with E-state index in [4.69, 9.17) is 5.26 Å². The average molecular weight is 298 g/mol. The minimum Gasteiger partial charge on any atom is -0.395 e. The summed E-state index contributed by atoms with van der Waals surface area (Å²) in [7, 11) is 0. The molecule has 1 aliphatic carbocycles. The zero-order valence-corrected chi connectivity index (χ0v) is 11.5. The maximum absolute atomic E-state index is 13.0. The lowest BCUT2D eigenvalue weighted by Gasteiger charge is -2.31. The fourth-order valence-corrected chi connectivity index (χ4v) is 2.89. The van der Waals surface area contributed by atoms with E-state index >= 15 is 0 Å². The van der Waals surface area contributed by atoms with Crippen molar-refractivity contribution < 1.29 is 18.3 Å². The van der Waals surface area contributed by atoms with Crippen LogP contribution in [0.4, 0.5) is 18.9 Å². The van der Waals surface area contributed by atoms with Crippen LogP contribution in [0.25, 0.3) is 0 Å². The molecule has 2 rings (SSSR count). The number of halogens is 3. The molecule has 0 aliphatic heterocycles. The van der Waals surface area contributed by atoms with Crippen molar-refractivity contribution in [3.8, 4) is 6.07 Å². The van der Waals surface area contributed by atoms with Crippen LogP contribution in [0.5, 0.6) is 0 Å². The summed E-state index contributed by atoms with van der Waals surface area (Å²) in [5.41, 5.74) is -0.868. The van der Waals surface area contributed by atoms with Crippen LogP contribution >= 0.6 is 0 Å². The van der Waals surface area contributed by atoms with E-state index in [1.165, 1.54) is 12.1 Å². The molecule has 1 N–H and O–H groups in total. The monoisotopic (exact) mass is 298 g/mol. The Morgan fingerprint density at radius 2 is 1.95 bits per heavy atom. The Balaban J connectivity index is 2.39. The zero-order chi connectivity index (χ0) is 15.5. The third kappa shape index (κ3) is 3.48. The van der Waals surface area contributed by atoms with Gasteiger partial charge in [0.2, 0.25) is 0 Å². The molecule has 1 saturated carbocycles. The highest BCUT2D eigenvalue weighted by Crippen LogP contribution is 2.36. The lowest BCUT2D eigenvalue weighted by Crippen LogP contribution is -2.35. The molecule has 21 heavy (non-hydrogen) atoms. The van der Waals surface area contributed by atoms with Crippen LogP contribution in [-0.2, 0) is 6.18 Å². The first-order valence-corrected chi connectivity index (χ1v) is 6.96. The Hall–Kier alpha value is -1.74. The molecule has 0 spiro atoms. The normalized spacial score (nSPS) is 16.0. The molecular weight excluding hydrogens is 281 g/mol. The first kappa shape index (κ1) is 15.6. The fourth-order valence-electron chi connectivity index (χ4n) is 2.89. The summed E-state index contributed by atoms with van der Waals surface area (Å²) < 4.78 is 39.1. The van der Waals surface area contributed by atoms with Crippen molar-refractivity contribution in [3.63, 3.8) is 0 Å². The van der Waals surface area contributed by atoms with E-state index in [2.05, 4.69) is 0 Å². The minimum absolute atomic E-state index is 0.113. The van der Waals surface area contributed by atoms with Gasteiger partial charge in [-0.3, -0.25) is 0 Å². The average Bonchev–Trinajstić information content (AvgIpc) is 2.97. The highest BCUT2D eigenvalue weighted by atomic mass is 19.4. The molecule has 0 bridgehead atoms. The standard InChI is InChI=1S/C15H17F3N2O/c16-15(17,18)14-9-13(6-5-11(14)10-19)20(7-8-21)12-3-1-2-4-12/h5-6,9,12,21H,1-4,7-8H2. The predicted molar refractivity (Wildman–Crippen MR) is 72.8 cm³/mol. The van der Waals surface area contributed by atoms with Gasteiger partial charge in [-0.2, -0.15) is 18.4 Å². The summed E-state index contributed by atoms with van der Waals surface area (Å²) in [6.45, 7) is 0.186.